The molecule has 2 aromatic carbocycles. The normalized spacial score (nSPS) is 19.4. The number of rotatable bonds is 9. The molecule has 0 aliphatic heterocycles. The Labute approximate surface area is 174 Å². The maximum Gasteiger partial charge on any atom is 0.119 e. The number of ether oxygens (including phenoxy) is 2. The Morgan fingerprint density at radius 1 is 0.643 bits per heavy atom. The van der Waals surface area contributed by atoms with Gasteiger partial charge < -0.3 is 19.7 Å². The number of hydrogen-bond donors (Lipinski definition) is 2. The molecule has 0 radical (unpaired) electrons. The fourth-order valence-corrected chi connectivity index (χ4v) is 5.10. The zero-order chi connectivity index (χ0) is 19.5. The predicted molar refractivity (Wildman–Crippen MR) is 113 cm³/mol. The molecule has 0 saturated heterocycles. The lowest BCUT2D eigenvalue weighted by atomic mass is 9.81. The highest BCUT2D eigenvalue weighted by atomic mass is 33.1. The SMILES string of the molecule is OC1(COc2ccc(SSc3ccc(OCC4(O)CCC4)cc3)cc2)CCC1. The second kappa shape index (κ2) is 8.57. The third-order valence-electron chi connectivity index (χ3n) is 5.47. The Balaban J connectivity index is 1.21. The molecule has 2 aliphatic carbocycles. The van der Waals surface area contributed by atoms with E-state index in [4.69, 9.17) is 9.47 Å². The van der Waals surface area contributed by atoms with Gasteiger partial charge in [-0.2, -0.15) is 0 Å². The minimum absolute atomic E-state index is 0.375. The molecule has 28 heavy (non-hydrogen) atoms. The van der Waals surface area contributed by atoms with Gasteiger partial charge in [0.25, 0.3) is 0 Å². The lowest BCUT2D eigenvalue weighted by Gasteiger charge is -2.36. The van der Waals surface area contributed by atoms with Gasteiger partial charge in [0.05, 0.1) is 11.2 Å². The molecule has 0 unspecified atom stereocenters. The molecule has 2 aromatic rings. The summed E-state index contributed by atoms with van der Waals surface area (Å²) < 4.78 is 11.4. The maximum atomic E-state index is 10.1. The largest absolute Gasteiger partial charge is 0.491 e. The lowest BCUT2D eigenvalue weighted by Crippen LogP contribution is -2.42. The molecule has 0 heterocycles. The van der Waals surface area contributed by atoms with Gasteiger partial charge >= 0.3 is 0 Å². The van der Waals surface area contributed by atoms with Crippen LogP contribution in [0.5, 0.6) is 11.5 Å². The van der Waals surface area contributed by atoms with Gasteiger partial charge in [0.1, 0.15) is 24.7 Å². The molecule has 150 valence electrons. The van der Waals surface area contributed by atoms with Gasteiger partial charge in [-0.1, -0.05) is 21.6 Å². The van der Waals surface area contributed by atoms with E-state index in [1.807, 2.05) is 48.5 Å². The first-order valence-electron chi connectivity index (χ1n) is 9.77. The van der Waals surface area contributed by atoms with Crippen LogP contribution in [0.15, 0.2) is 58.3 Å². The molecule has 4 rings (SSSR count). The molecule has 2 saturated carbocycles. The van der Waals surface area contributed by atoms with E-state index in [0.29, 0.717) is 13.2 Å². The molecule has 0 atom stereocenters. The number of benzene rings is 2. The fourth-order valence-electron chi connectivity index (χ4n) is 3.17. The average Bonchev–Trinajstić information content (AvgIpc) is 2.68. The fraction of sp³-hybridized carbons (Fsp3) is 0.455. The van der Waals surface area contributed by atoms with Crippen LogP contribution in [0.2, 0.25) is 0 Å². The van der Waals surface area contributed by atoms with Crippen LogP contribution in [0, 0.1) is 0 Å². The average molecular weight is 419 g/mol. The van der Waals surface area contributed by atoms with Crippen LogP contribution in [0.1, 0.15) is 38.5 Å². The number of hydrogen-bond acceptors (Lipinski definition) is 6. The molecule has 0 aromatic heterocycles. The summed E-state index contributed by atoms with van der Waals surface area (Å²) in [5.74, 6) is 1.59. The van der Waals surface area contributed by atoms with Crippen LogP contribution >= 0.6 is 21.6 Å². The minimum Gasteiger partial charge on any atom is -0.491 e. The Hall–Kier alpha value is -1.34. The summed E-state index contributed by atoms with van der Waals surface area (Å²) in [7, 11) is 3.38. The summed E-state index contributed by atoms with van der Waals surface area (Å²) in [5, 5.41) is 20.2. The van der Waals surface area contributed by atoms with Crippen LogP contribution < -0.4 is 9.47 Å². The quantitative estimate of drug-likeness (QED) is 0.554. The van der Waals surface area contributed by atoms with Gasteiger partial charge in [-0.15, -0.1) is 0 Å². The van der Waals surface area contributed by atoms with E-state index < -0.39 is 11.2 Å². The molecule has 0 bridgehead atoms. The van der Waals surface area contributed by atoms with Crippen LogP contribution in [0.4, 0.5) is 0 Å². The summed E-state index contributed by atoms with van der Waals surface area (Å²) in [5.41, 5.74) is -1.23. The van der Waals surface area contributed by atoms with Gasteiger partial charge in [0.15, 0.2) is 0 Å². The Bertz CT molecular complexity index is 701. The van der Waals surface area contributed by atoms with Crippen molar-refractivity contribution in [1.29, 1.82) is 0 Å². The van der Waals surface area contributed by atoms with E-state index in [1.54, 1.807) is 21.6 Å². The van der Waals surface area contributed by atoms with E-state index in [2.05, 4.69) is 0 Å². The van der Waals surface area contributed by atoms with E-state index in [9.17, 15) is 10.2 Å². The van der Waals surface area contributed by atoms with Crippen molar-refractivity contribution in [3.63, 3.8) is 0 Å². The molecule has 4 nitrogen and oxygen atoms in total. The van der Waals surface area contributed by atoms with Crippen LogP contribution in [0.25, 0.3) is 0 Å². The Kier molecular flexibility index (Phi) is 6.11. The van der Waals surface area contributed by atoms with Crippen molar-refractivity contribution in [2.75, 3.05) is 13.2 Å². The Morgan fingerprint density at radius 3 is 1.29 bits per heavy atom. The summed E-state index contributed by atoms with van der Waals surface area (Å²) in [6, 6.07) is 16.0. The smallest absolute Gasteiger partial charge is 0.119 e. The van der Waals surface area contributed by atoms with E-state index in [0.717, 1.165) is 59.8 Å². The molecular formula is C22H26O4S2. The van der Waals surface area contributed by atoms with Crippen molar-refractivity contribution >= 4 is 21.6 Å². The summed E-state index contributed by atoms with van der Waals surface area (Å²) in [6.07, 6.45) is 5.51. The zero-order valence-electron chi connectivity index (χ0n) is 15.8. The topological polar surface area (TPSA) is 58.9 Å². The third-order valence-corrected chi connectivity index (χ3v) is 7.88. The van der Waals surface area contributed by atoms with Crippen LogP contribution in [0.3, 0.4) is 0 Å². The molecule has 2 N–H and O–H groups in total. The molecule has 0 amide bonds. The monoisotopic (exact) mass is 418 g/mol. The molecule has 2 aliphatic rings. The molecular weight excluding hydrogens is 392 g/mol. The summed E-state index contributed by atoms with van der Waals surface area (Å²) in [4.78, 5) is 2.29. The second-order valence-corrected chi connectivity index (χ2v) is 10.1. The first-order valence-corrected chi connectivity index (χ1v) is 11.9. The predicted octanol–water partition coefficient (Wildman–Crippen LogP) is 5.07. The van der Waals surface area contributed by atoms with Crippen molar-refractivity contribution < 1.29 is 19.7 Å². The van der Waals surface area contributed by atoms with Gasteiger partial charge in [0, 0.05) is 9.79 Å². The van der Waals surface area contributed by atoms with Crippen LogP contribution in [-0.4, -0.2) is 34.6 Å². The first-order chi connectivity index (χ1) is 13.5. The van der Waals surface area contributed by atoms with Crippen molar-refractivity contribution in [1.82, 2.24) is 0 Å². The highest BCUT2D eigenvalue weighted by Gasteiger charge is 2.35. The molecule has 6 heteroatoms. The van der Waals surface area contributed by atoms with Crippen molar-refractivity contribution in [2.45, 2.75) is 59.5 Å². The molecule has 2 fully saturated rings. The van der Waals surface area contributed by atoms with Gasteiger partial charge in [-0.3, -0.25) is 0 Å². The third kappa shape index (κ3) is 5.17. The minimum atomic E-state index is -0.616. The van der Waals surface area contributed by atoms with E-state index >= 15 is 0 Å². The molecule has 0 spiro atoms. The second-order valence-electron chi connectivity index (χ2n) is 7.84. The van der Waals surface area contributed by atoms with E-state index in [1.165, 1.54) is 0 Å². The van der Waals surface area contributed by atoms with Crippen molar-refractivity contribution in [3.05, 3.63) is 48.5 Å². The Morgan fingerprint density at radius 2 is 1.00 bits per heavy atom. The van der Waals surface area contributed by atoms with Gasteiger partial charge in [-0.25, -0.2) is 0 Å². The zero-order valence-corrected chi connectivity index (χ0v) is 17.4. The number of aliphatic hydroxyl groups is 2. The summed E-state index contributed by atoms with van der Waals surface area (Å²) in [6.45, 7) is 0.750. The van der Waals surface area contributed by atoms with Crippen molar-refractivity contribution in [3.8, 4) is 11.5 Å². The van der Waals surface area contributed by atoms with Crippen LogP contribution in [-0.2, 0) is 0 Å². The maximum absolute atomic E-state index is 10.1. The summed E-state index contributed by atoms with van der Waals surface area (Å²) >= 11 is 0. The highest BCUT2D eigenvalue weighted by molar-refractivity contribution is 8.76. The lowest BCUT2D eigenvalue weighted by molar-refractivity contribution is -0.0665. The van der Waals surface area contributed by atoms with Crippen molar-refractivity contribution in [2.24, 2.45) is 0 Å². The first kappa shape index (κ1) is 20.0. The standard InChI is InChI=1S/C22H26O4S2/c23-21(11-1-12-21)15-25-17-3-7-19(8-4-17)27-28-20-9-5-18(6-10-20)26-16-22(24)13-2-14-22/h3-10,23-24H,1-2,11-16H2. The van der Waals surface area contributed by atoms with Gasteiger partial charge in [0.2, 0.25) is 0 Å². The highest BCUT2D eigenvalue weighted by Crippen LogP contribution is 2.39. The van der Waals surface area contributed by atoms with Gasteiger partial charge in [-0.05, 0) is 87.1 Å². The van der Waals surface area contributed by atoms with E-state index in [-0.39, 0.29) is 0 Å².